The highest BCUT2D eigenvalue weighted by Gasteiger charge is 2.20. The van der Waals surface area contributed by atoms with Crippen molar-refractivity contribution in [1.29, 1.82) is 0 Å². The zero-order valence-corrected chi connectivity index (χ0v) is 11.2. The highest BCUT2D eigenvalue weighted by atomic mass is 19.1. The summed E-state index contributed by atoms with van der Waals surface area (Å²) in [4.78, 5) is 28.7. The second-order valence-electron chi connectivity index (χ2n) is 4.78. The van der Waals surface area contributed by atoms with Gasteiger partial charge in [0.2, 0.25) is 5.82 Å². The third kappa shape index (κ3) is 2.78. The van der Waals surface area contributed by atoms with Crippen LogP contribution in [0.5, 0.6) is 0 Å². The van der Waals surface area contributed by atoms with Crippen LogP contribution >= 0.6 is 0 Å². The van der Waals surface area contributed by atoms with Crippen LogP contribution in [0.3, 0.4) is 0 Å². The first-order valence-corrected chi connectivity index (χ1v) is 6.58. The summed E-state index contributed by atoms with van der Waals surface area (Å²) in [5.41, 5.74) is -0.165. The third-order valence-corrected chi connectivity index (χ3v) is 3.46. The summed E-state index contributed by atoms with van der Waals surface area (Å²) in [6, 6.07) is 6.32. The molecule has 0 aliphatic carbocycles. The number of nitrogens with one attached hydrogen (secondary N) is 2. The molecule has 21 heavy (non-hydrogen) atoms. The number of hydrogen-bond donors (Lipinski definition) is 2. The zero-order valence-electron chi connectivity index (χ0n) is 11.2. The second kappa shape index (κ2) is 5.39. The van der Waals surface area contributed by atoms with Gasteiger partial charge < -0.3 is 9.80 Å². The van der Waals surface area contributed by atoms with Gasteiger partial charge in [-0.15, -0.1) is 5.10 Å². The fourth-order valence-corrected chi connectivity index (χ4v) is 2.38. The van der Waals surface area contributed by atoms with E-state index in [9.17, 15) is 14.0 Å². The third-order valence-electron chi connectivity index (χ3n) is 3.46. The van der Waals surface area contributed by atoms with Crippen molar-refractivity contribution >= 4 is 11.5 Å². The molecule has 1 aliphatic rings. The lowest BCUT2D eigenvalue weighted by atomic mass is 10.2. The first-order valence-electron chi connectivity index (χ1n) is 6.58. The number of rotatable bonds is 2. The molecule has 8 heteroatoms. The molecule has 0 unspecified atom stereocenters. The molecule has 0 atom stereocenters. The van der Waals surface area contributed by atoms with Gasteiger partial charge in [-0.2, -0.15) is 0 Å². The number of anilines is 2. The van der Waals surface area contributed by atoms with Crippen LogP contribution in [0, 0.1) is 5.82 Å². The van der Waals surface area contributed by atoms with Crippen LogP contribution in [0.4, 0.5) is 15.9 Å². The van der Waals surface area contributed by atoms with E-state index in [0.29, 0.717) is 26.2 Å². The van der Waals surface area contributed by atoms with Crippen LogP contribution in [0.25, 0.3) is 0 Å². The predicted molar refractivity (Wildman–Crippen MR) is 76.3 cm³/mol. The Kier molecular flexibility index (Phi) is 3.43. The molecule has 1 aliphatic heterocycles. The monoisotopic (exact) mass is 291 g/mol. The van der Waals surface area contributed by atoms with Crippen molar-refractivity contribution < 1.29 is 4.39 Å². The zero-order chi connectivity index (χ0) is 14.8. The molecule has 0 amide bonds. The number of benzene rings is 1. The van der Waals surface area contributed by atoms with Crippen LogP contribution < -0.4 is 21.0 Å². The summed E-state index contributed by atoms with van der Waals surface area (Å²) in [5.74, 6) is -0.0466. The van der Waals surface area contributed by atoms with Crippen molar-refractivity contribution in [2.45, 2.75) is 0 Å². The first-order chi connectivity index (χ1) is 10.1. The Balaban J connectivity index is 1.71. The summed E-state index contributed by atoms with van der Waals surface area (Å²) in [6.07, 6.45) is 0. The molecular formula is C13H14FN5O2. The van der Waals surface area contributed by atoms with E-state index in [0.717, 1.165) is 5.69 Å². The van der Waals surface area contributed by atoms with Crippen LogP contribution in [0.15, 0.2) is 33.9 Å². The average molecular weight is 291 g/mol. The molecule has 1 saturated heterocycles. The van der Waals surface area contributed by atoms with E-state index in [4.69, 9.17) is 0 Å². The van der Waals surface area contributed by atoms with E-state index < -0.39 is 11.2 Å². The molecule has 3 rings (SSSR count). The summed E-state index contributed by atoms with van der Waals surface area (Å²) >= 11 is 0. The van der Waals surface area contributed by atoms with Crippen molar-refractivity contribution in [3.8, 4) is 0 Å². The molecule has 7 nitrogen and oxygen atoms in total. The van der Waals surface area contributed by atoms with Gasteiger partial charge in [0.15, 0.2) is 0 Å². The lowest BCUT2D eigenvalue weighted by Crippen LogP contribution is -2.49. The van der Waals surface area contributed by atoms with Crippen LogP contribution in [-0.2, 0) is 0 Å². The van der Waals surface area contributed by atoms with E-state index in [1.54, 1.807) is 12.1 Å². The highest BCUT2D eigenvalue weighted by molar-refractivity contribution is 5.48. The summed E-state index contributed by atoms with van der Waals surface area (Å²) in [6.45, 7) is 2.57. The maximum absolute atomic E-state index is 12.9. The van der Waals surface area contributed by atoms with E-state index in [1.807, 2.05) is 4.90 Å². The Bertz CT molecular complexity index is 731. The quantitative estimate of drug-likeness (QED) is 0.808. The Hall–Kier alpha value is -2.64. The SMILES string of the molecule is O=c1[nH]nc(N2CCN(c3ccc(F)cc3)CC2)c(=O)[nH]1. The molecule has 2 heterocycles. The minimum absolute atomic E-state index is 0.216. The van der Waals surface area contributed by atoms with Gasteiger partial charge in [-0.1, -0.05) is 0 Å². The number of hydrogen-bond acceptors (Lipinski definition) is 5. The van der Waals surface area contributed by atoms with Crippen LogP contribution in [0.1, 0.15) is 0 Å². The number of H-pyrrole nitrogens is 2. The minimum atomic E-state index is -0.617. The fourth-order valence-electron chi connectivity index (χ4n) is 2.38. The first kappa shape index (κ1) is 13.3. The van der Waals surface area contributed by atoms with Gasteiger partial charge in [-0.3, -0.25) is 9.78 Å². The van der Waals surface area contributed by atoms with Crippen molar-refractivity contribution in [1.82, 2.24) is 15.2 Å². The lowest BCUT2D eigenvalue weighted by molar-refractivity contribution is 0.622. The summed E-state index contributed by atoms with van der Waals surface area (Å²) in [5, 5.41) is 6.02. The number of aromatic nitrogens is 3. The molecule has 1 aromatic heterocycles. The number of piperazine rings is 1. The Morgan fingerprint density at radius 3 is 2.24 bits per heavy atom. The molecule has 2 aromatic rings. The second-order valence-corrected chi connectivity index (χ2v) is 4.78. The number of halogens is 1. The van der Waals surface area contributed by atoms with E-state index >= 15 is 0 Å². The molecule has 1 fully saturated rings. The summed E-state index contributed by atoms with van der Waals surface area (Å²) in [7, 11) is 0. The van der Waals surface area contributed by atoms with Gasteiger partial charge in [-0.25, -0.2) is 14.3 Å². The normalized spacial score (nSPS) is 15.3. The van der Waals surface area contributed by atoms with Crippen LogP contribution in [-0.4, -0.2) is 41.4 Å². The van der Waals surface area contributed by atoms with Gasteiger partial charge in [-0.05, 0) is 24.3 Å². The summed E-state index contributed by atoms with van der Waals surface area (Å²) < 4.78 is 12.9. The van der Waals surface area contributed by atoms with Gasteiger partial charge in [0.25, 0.3) is 5.56 Å². The van der Waals surface area contributed by atoms with Crippen molar-refractivity contribution in [2.24, 2.45) is 0 Å². The maximum atomic E-state index is 12.9. The van der Waals surface area contributed by atoms with Gasteiger partial charge in [0.1, 0.15) is 5.82 Å². The van der Waals surface area contributed by atoms with E-state index in [1.165, 1.54) is 12.1 Å². The Labute approximate surface area is 119 Å². The van der Waals surface area contributed by atoms with Crippen molar-refractivity contribution in [2.75, 3.05) is 36.0 Å². The maximum Gasteiger partial charge on any atom is 0.342 e. The van der Waals surface area contributed by atoms with Crippen molar-refractivity contribution in [3.05, 3.63) is 50.9 Å². The largest absolute Gasteiger partial charge is 0.368 e. The van der Waals surface area contributed by atoms with Gasteiger partial charge >= 0.3 is 5.69 Å². The number of nitrogens with zero attached hydrogens (tertiary/aromatic N) is 3. The molecule has 110 valence electrons. The van der Waals surface area contributed by atoms with E-state index in [2.05, 4.69) is 20.1 Å². The molecule has 0 saturated carbocycles. The van der Waals surface area contributed by atoms with E-state index in [-0.39, 0.29) is 11.6 Å². The topological polar surface area (TPSA) is 85.1 Å². The highest BCUT2D eigenvalue weighted by Crippen LogP contribution is 2.17. The predicted octanol–water partition coefficient (Wildman–Crippen LogP) is -0.0761. The Morgan fingerprint density at radius 2 is 1.62 bits per heavy atom. The molecule has 0 radical (unpaired) electrons. The fraction of sp³-hybridized carbons (Fsp3) is 0.308. The average Bonchev–Trinajstić information content (AvgIpc) is 2.48. The molecule has 2 N–H and O–H groups in total. The van der Waals surface area contributed by atoms with Crippen LogP contribution in [0.2, 0.25) is 0 Å². The molecule has 0 bridgehead atoms. The lowest BCUT2D eigenvalue weighted by Gasteiger charge is -2.36. The Morgan fingerprint density at radius 1 is 1.00 bits per heavy atom. The minimum Gasteiger partial charge on any atom is -0.368 e. The standard InChI is InChI=1S/C13H14FN5O2/c14-9-1-3-10(4-2-9)18-5-7-19(8-6-18)11-12(20)15-13(21)17-16-11/h1-4H,5-8H2,(H2,15,17,20,21). The smallest absolute Gasteiger partial charge is 0.342 e. The van der Waals surface area contributed by atoms with Gasteiger partial charge in [0, 0.05) is 31.9 Å². The molecule has 0 spiro atoms. The number of aromatic amines is 2. The van der Waals surface area contributed by atoms with Gasteiger partial charge in [0.05, 0.1) is 0 Å². The van der Waals surface area contributed by atoms with Crippen molar-refractivity contribution in [3.63, 3.8) is 0 Å². The molecular weight excluding hydrogens is 277 g/mol. The molecule has 1 aromatic carbocycles.